The van der Waals surface area contributed by atoms with Crippen molar-refractivity contribution in [1.29, 1.82) is 0 Å². The molecule has 3 N–H and O–H groups in total. The molecule has 2 aromatic heterocycles. The van der Waals surface area contributed by atoms with E-state index in [-0.39, 0.29) is 28.4 Å². The van der Waals surface area contributed by atoms with Gasteiger partial charge in [-0.15, -0.1) is 0 Å². The summed E-state index contributed by atoms with van der Waals surface area (Å²) in [6.07, 6.45) is 0.142. The monoisotopic (exact) mass is 428 g/mol. The standard InChI is InChI=1S/C20H20N4O7/c1-10(25)16(13-9-21-17-15(22-13)18(27)23-20(29)24(17)2)31-19(28)14(30-3)8-11-4-6-12(26)7-5-11/h4-10,16,25-26H,1-3H3,(H,23,27,29)/t10-,16+/m1/s1. The summed E-state index contributed by atoms with van der Waals surface area (Å²) in [5.41, 5.74) is -0.931. The first-order valence-electron chi connectivity index (χ1n) is 9.11. The summed E-state index contributed by atoms with van der Waals surface area (Å²) in [5, 5.41) is 19.5. The SMILES string of the molecule is COC(=Cc1ccc(O)cc1)C(=O)O[C@H](c1cnc2c(n1)c(=O)[nH]c(=O)n2C)[C@@H](C)O. The fourth-order valence-electron chi connectivity index (χ4n) is 2.77. The van der Waals surface area contributed by atoms with Crippen LogP contribution in [0.15, 0.2) is 45.8 Å². The molecule has 0 radical (unpaired) electrons. The second-order valence-electron chi connectivity index (χ2n) is 6.66. The molecule has 162 valence electrons. The zero-order chi connectivity index (χ0) is 22.7. The van der Waals surface area contributed by atoms with Crippen molar-refractivity contribution < 1.29 is 24.5 Å². The largest absolute Gasteiger partial charge is 0.508 e. The predicted molar refractivity (Wildman–Crippen MR) is 109 cm³/mol. The minimum atomic E-state index is -1.26. The summed E-state index contributed by atoms with van der Waals surface area (Å²) in [4.78, 5) is 46.7. The number of phenolic OH excluding ortho intramolecular Hbond substituents is 1. The molecule has 2 atom stereocenters. The summed E-state index contributed by atoms with van der Waals surface area (Å²) < 4.78 is 11.6. The molecule has 3 rings (SSSR count). The Morgan fingerprint density at radius 1 is 1.26 bits per heavy atom. The number of methoxy groups -OCH3 is 1. The Morgan fingerprint density at radius 3 is 2.55 bits per heavy atom. The van der Waals surface area contributed by atoms with E-state index in [0.29, 0.717) is 5.56 Å². The van der Waals surface area contributed by atoms with Crippen LogP contribution in [0.5, 0.6) is 5.75 Å². The molecule has 0 spiro atoms. The molecule has 3 aromatic rings. The van der Waals surface area contributed by atoms with Crippen LogP contribution in [0.25, 0.3) is 17.2 Å². The van der Waals surface area contributed by atoms with E-state index in [1.165, 1.54) is 45.5 Å². The van der Waals surface area contributed by atoms with Gasteiger partial charge in [0.05, 0.1) is 19.4 Å². The van der Waals surface area contributed by atoms with Gasteiger partial charge in [-0.05, 0) is 30.7 Å². The number of carbonyl (C=O) groups excluding carboxylic acids is 1. The number of fused-ring (bicyclic) bond motifs is 1. The minimum absolute atomic E-state index is 0.0140. The molecule has 0 saturated heterocycles. The minimum Gasteiger partial charge on any atom is -0.508 e. The average Bonchev–Trinajstić information content (AvgIpc) is 2.74. The molecule has 0 aliphatic rings. The topological polar surface area (TPSA) is 157 Å². The van der Waals surface area contributed by atoms with E-state index in [4.69, 9.17) is 9.47 Å². The molecule has 1 aromatic carbocycles. The fraction of sp³-hybridized carbons (Fsp3) is 0.250. The van der Waals surface area contributed by atoms with Gasteiger partial charge in [-0.1, -0.05) is 12.1 Å². The Labute approximate surface area is 175 Å². The Morgan fingerprint density at radius 2 is 1.94 bits per heavy atom. The number of aromatic hydroxyl groups is 1. The number of nitrogens with zero attached hydrogens (tertiary/aromatic N) is 3. The highest BCUT2D eigenvalue weighted by molar-refractivity contribution is 5.91. The van der Waals surface area contributed by atoms with E-state index >= 15 is 0 Å². The lowest BCUT2D eigenvalue weighted by Gasteiger charge is -2.20. The highest BCUT2D eigenvalue weighted by Crippen LogP contribution is 2.23. The van der Waals surface area contributed by atoms with Crippen molar-refractivity contribution in [3.05, 3.63) is 68.3 Å². The van der Waals surface area contributed by atoms with Crippen LogP contribution >= 0.6 is 0 Å². The van der Waals surface area contributed by atoms with Gasteiger partial charge < -0.3 is 19.7 Å². The molecule has 0 aliphatic carbocycles. The van der Waals surface area contributed by atoms with Gasteiger partial charge in [-0.2, -0.15) is 0 Å². The maximum absolute atomic E-state index is 12.6. The van der Waals surface area contributed by atoms with E-state index < -0.39 is 29.4 Å². The number of esters is 1. The van der Waals surface area contributed by atoms with Gasteiger partial charge in [0.2, 0.25) is 5.76 Å². The van der Waals surface area contributed by atoms with E-state index in [2.05, 4.69) is 15.0 Å². The molecular weight excluding hydrogens is 408 g/mol. The first-order chi connectivity index (χ1) is 14.7. The number of aryl methyl sites for hydroxylation is 1. The number of ether oxygens (including phenoxy) is 2. The van der Waals surface area contributed by atoms with Gasteiger partial charge in [-0.3, -0.25) is 14.3 Å². The van der Waals surface area contributed by atoms with Crippen molar-refractivity contribution in [3.63, 3.8) is 0 Å². The number of aliphatic hydroxyl groups excluding tert-OH is 1. The van der Waals surface area contributed by atoms with Crippen LogP contribution in [0, 0.1) is 0 Å². The van der Waals surface area contributed by atoms with Gasteiger partial charge in [0.25, 0.3) is 5.56 Å². The van der Waals surface area contributed by atoms with E-state index in [1.54, 1.807) is 12.1 Å². The average molecular weight is 428 g/mol. The molecule has 0 unspecified atom stereocenters. The quantitative estimate of drug-likeness (QED) is 0.287. The molecule has 0 amide bonds. The maximum atomic E-state index is 12.6. The number of nitrogens with one attached hydrogen (secondary N) is 1. The lowest BCUT2D eigenvalue weighted by Crippen LogP contribution is -2.30. The third-order valence-corrected chi connectivity index (χ3v) is 4.41. The lowest BCUT2D eigenvalue weighted by atomic mass is 10.1. The van der Waals surface area contributed by atoms with Crippen LogP contribution in [0.4, 0.5) is 0 Å². The molecular formula is C20H20N4O7. The molecule has 11 nitrogen and oxygen atoms in total. The Balaban J connectivity index is 1.95. The smallest absolute Gasteiger partial charge is 0.374 e. The van der Waals surface area contributed by atoms with E-state index in [0.717, 1.165) is 4.57 Å². The third-order valence-electron chi connectivity index (χ3n) is 4.41. The van der Waals surface area contributed by atoms with Crippen LogP contribution in [-0.4, -0.2) is 48.9 Å². The number of H-pyrrole nitrogens is 1. The van der Waals surface area contributed by atoms with Crippen molar-refractivity contribution in [3.8, 4) is 5.75 Å². The van der Waals surface area contributed by atoms with Gasteiger partial charge >= 0.3 is 11.7 Å². The van der Waals surface area contributed by atoms with Crippen molar-refractivity contribution >= 4 is 23.2 Å². The summed E-state index contributed by atoms with van der Waals surface area (Å²) >= 11 is 0. The lowest BCUT2D eigenvalue weighted by molar-refractivity contribution is -0.154. The number of phenols is 1. The van der Waals surface area contributed by atoms with Crippen molar-refractivity contribution in [2.45, 2.75) is 19.1 Å². The zero-order valence-corrected chi connectivity index (χ0v) is 16.9. The highest BCUT2D eigenvalue weighted by Gasteiger charge is 2.27. The fourth-order valence-corrected chi connectivity index (χ4v) is 2.77. The third kappa shape index (κ3) is 4.61. The first kappa shape index (κ1) is 21.7. The van der Waals surface area contributed by atoms with E-state index in [9.17, 15) is 24.6 Å². The Kier molecular flexibility index (Phi) is 6.16. The van der Waals surface area contributed by atoms with Crippen LogP contribution in [0.3, 0.4) is 0 Å². The Hall–Kier alpha value is -3.99. The number of hydrogen-bond donors (Lipinski definition) is 3. The molecule has 0 saturated carbocycles. The molecule has 31 heavy (non-hydrogen) atoms. The number of aromatic amines is 1. The Bertz CT molecular complexity index is 1260. The van der Waals surface area contributed by atoms with Gasteiger partial charge in [0, 0.05) is 7.05 Å². The highest BCUT2D eigenvalue weighted by atomic mass is 16.6. The maximum Gasteiger partial charge on any atom is 0.374 e. The predicted octanol–water partition coefficient (Wildman–Crippen LogP) is 0.375. The van der Waals surface area contributed by atoms with Gasteiger partial charge in [0.1, 0.15) is 11.4 Å². The van der Waals surface area contributed by atoms with Gasteiger partial charge in [-0.25, -0.2) is 19.6 Å². The second kappa shape index (κ2) is 8.79. The number of aromatic nitrogens is 4. The molecule has 2 heterocycles. The van der Waals surface area contributed by atoms with Gasteiger partial charge in [0.15, 0.2) is 17.3 Å². The van der Waals surface area contributed by atoms with Crippen molar-refractivity contribution in [2.75, 3.05) is 7.11 Å². The van der Waals surface area contributed by atoms with Crippen LogP contribution < -0.4 is 11.2 Å². The number of rotatable bonds is 6. The zero-order valence-electron chi connectivity index (χ0n) is 16.9. The molecule has 0 fully saturated rings. The summed E-state index contributed by atoms with van der Waals surface area (Å²) in [6.45, 7) is 1.38. The van der Waals surface area contributed by atoms with Crippen molar-refractivity contribution in [1.82, 2.24) is 19.5 Å². The summed E-state index contributed by atoms with van der Waals surface area (Å²) in [6, 6.07) is 6.02. The van der Waals surface area contributed by atoms with Crippen LogP contribution in [0.2, 0.25) is 0 Å². The number of benzene rings is 1. The summed E-state index contributed by atoms with van der Waals surface area (Å²) in [5.74, 6) is -0.988. The van der Waals surface area contributed by atoms with Crippen molar-refractivity contribution in [2.24, 2.45) is 7.05 Å². The first-order valence-corrected chi connectivity index (χ1v) is 9.11. The second-order valence-corrected chi connectivity index (χ2v) is 6.66. The molecule has 0 bridgehead atoms. The number of carbonyl (C=O) groups is 1. The van der Waals surface area contributed by atoms with Crippen LogP contribution in [-0.2, 0) is 21.3 Å². The molecule has 0 aliphatic heterocycles. The van der Waals surface area contributed by atoms with E-state index in [1.807, 2.05) is 0 Å². The van der Waals surface area contributed by atoms with Crippen LogP contribution in [0.1, 0.15) is 24.3 Å². The number of aliphatic hydroxyl groups is 1. The summed E-state index contributed by atoms with van der Waals surface area (Å²) in [7, 11) is 2.70. The normalized spacial score (nSPS) is 13.6. The molecule has 11 heteroatoms. The number of hydrogen-bond acceptors (Lipinski definition) is 9.